The number of alkyl halides is 3. The topological polar surface area (TPSA) is 122 Å². The van der Waals surface area contributed by atoms with Gasteiger partial charge in [-0.3, -0.25) is 10.1 Å². The molecule has 0 saturated heterocycles. The molecule has 2 aromatic carbocycles. The van der Waals surface area contributed by atoms with Crippen molar-refractivity contribution in [3.05, 3.63) is 59.7 Å². The molecule has 37 heavy (non-hydrogen) atoms. The van der Waals surface area contributed by atoms with Crippen LogP contribution in [0.5, 0.6) is 0 Å². The number of nitriles is 1. The molecule has 0 bridgehead atoms. The molecule has 2 aliphatic carbocycles. The molecule has 4 N–H and O–H groups in total. The van der Waals surface area contributed by atoms with Crippen LogP contribution in [0.3, 0.4) is 0 Å². The molecule has 1 amide bonds. The summed E-state index contributed by atoms with van der Waals surface area (Å²) < 4.78 is 42.0. The molecule has 2 atom stereocenters. The van der Waals surface area contributed by atoms with E-state index < -0.39 is 35.9 Å². The SMILES string of the molecule is CCC[C@H](N[C@@H](c1ccc(-c2ccc(C3CC3)cc2)cc1)C(F)(F)F)C(=O)NC1(C#N)CC1.O=C(O)O. The van der Waals surface area contributed by atoms with E-state index in [4.69, 9.17) is 15.0 Å². The molecular formula is C27H30F3N3O4. The number of nitrogens with one attached hydrogen (secondary N) is 2. The molecule has 0 radical (unpaired) electrons. The Labute approximate surface area is 213 Å². The number of carbonyl (C=O) groups excluding carboxylic acids is 1. The van der Waals surface area contributed by atoms with Gasteiger partial charge in [0, 0.05) is 0 Å². The number of amides is 1. The molecule has 2 fully saturated rings. The van der Waals surface area contributed by atoms with E-state index >= 15 is 0 Å². The number of carboxylic acid groups (broad SMARTS) is 2. The number of hydrogen-bond acceptors (Lipinski definition) is 4. The normalized spacial score (nSPS) is 17.4. The molecule has 0 aromatic heterocycles. The maximum atomic E-state index is 14.0. The van der Waals surface area contributed by atoms with Crippen LogP contribution in [0, 0.1) is 11.3 Å². The van der Waals surface area contributed by atoms with Crippen LogP contribution in [0.25, 0.3) is 11.1 Å². The van der Waals surface area contributed by atoms with Gasteiger partial charge < -0.3 is 15.5 Å². The zero-order valence-corrected chi connectivity index (χ0v) is 20.4. The number of carbonyl (C=O) groups is 2. The number of nitrogens with zero attached hydrogens (tertiary/aromatic N) is 1. The lowest BCUT2D eigenvalue weighted by atomic mass is 9.98. The smallest absolute Gasteiger partial charge is 0.450 e. The second-order valence-corrected chi connectivity index (χ2v) is 9.47. The number of benzene rings is 2. The summed E-state index contributed by atoms with van der Waals surface area (Å²) in [4.78, 5) is 21.2. The van der Waals surface area contributed by atoms with Crippen molar-refractivity contribution in [2.24, 2.45) is 0 Å². The highest BCUT2D eigenvalue weighted by Crippen LogP contribution is 2.41. The van der Waals surface area contributed by atoms with Crippen LogP contribution in [0.4, 0.5) is 18.0 Å². The molecule has 2 aliphatic rings. The zero-order valence-electron chi connectivity index (χ0n) is 20.4. The number of rotatable bonds is 9. The summed E-state index contributed by atoms with van der Waals surface area (Å²) in [6.07, 6.45) is -2.15. The van der Waals surface area contributed by atoms with Gasteiger partial charge in [0.1, 0.15) is 11.6 Å². The van der Waals surface area contributed by atoms with Crippen LogP contribution in [0.2, 0.25) is 0 Å². The monoisotopic (exact) mass is 517 g/mol. The lowest BCUT2D eigenvalue weighted by Gasteiger charge is -2.28. The summed E-state index contributed by atoms with van der Waals surface area (Å²) in [5.74, 6) is 0.0915. The standard InChI is InChI=1S/C26H28F3N3O.CH2O3/c1-2-3-22(24(33)32-25(16-30)14-15-25)31-23(26(27,28)29)21-12-10-20(11-13-21)19-8-6-18(7-9-19)17-4-5-17;2-1(3)4/h6-13,17,22-23,31H,2-5,14-15H2,1H3,(H,32,33);(H2,2,3,4)/t22-,23-;/m0./s1. The van der Waals surface area contributed by atoms with Gasteiger partial charge in [-0.05, 0) is 60.3 Å². The third-order valence-electron chi connectivity index (χ3n) is 6.45. The van der Waals surface area contributed by atoms with Crippen molar-refractivity contribution in [2.45, 2.75) is 75.2 Å². The van der Waals surface area contributed by atoms with Crippen LogP contribution in [-0.2, 0) is 4.79 Å². The van der Waals surface area contributed by atoms with E-state index in [-0.39, 0.29) is 12.0 Å². The quantitative estimate of drug-likeness (QED) is 0.324. The van der Waals surface area contributed by atoms with Gasteiger partial charge >= 0.3 is 12.3 Å². The second-order valence-electron chi connectivity index (χ2n) is 9.47. The fourth-order valence-electron chi connectivity index (χ4n) is 4.10. The largest absolute Gasteiger partial charge is 0.503 e. The minimum absolute atomic E-state index is 0.0520. The van der Waals surface area contributed by atoms with E-state index in [0.717, 1.165) is 11.1 Å². The van der Waals surface area contributed by atoms with E-state index in [0.29, 0.717) is 25.2 Å². The van der Waals surface area contributed by atoms with Crippen molar-refractivity contribution in [2.75, 3.05) is 0 Å². The Morgan fingerprint density at radius 3 is 1.97 bits per heavy atom. The van der Waals surface area contributed by atoms with Gasteiger partial charge in [0.15, 0.2) is 0 Å². The van der Waals surface area contributed by atoms with E-state index in [1.54, 1.807) is 12.1 Å². The third-order valence-corrected chi connectivity index (χ3v) is 6.45. The molecule has 198 valence electrons. The van der Waals surface area contributed by atoms with Crippen LogP contribution < -0.4 is 10.6 Å². The van der Waals surface area contributed by atoms with Gasteiger partial charge in [0.2, 0.25) is 5.91 Å². The third kappa shape index (κ3) is 7.95. The Bertz CT molecular complexity index is 1120. The molecular weight excluding hydrogens is 487 g/mol. The van der Waals surface area contributed by atoms with Crippen molar-refractivity contribution < 1.29 is 33.0 Å². The second kappa shape index (κ2) is 11.6. The molecule has 0 unspecified atom stereocenters. The van der Waals surface area contributed by atoms with E-state index in [1.807, 2.05) is 25.1 Å². The fourth-order valence-corrected chi connectivity index (χ4v) is 4.10. The van der Waals surface area contributed by atoms with Crippen molar-refractivity contribution >= 4 is 12.1 Å². The molecule has 0 heterocycles. The van der Waals surface area contributed by atoms with Gasteiger partial charge in [-0.15, -0.1) is 0 Å². The minimum Gasteiger partial charge on any atom is -0.450 e. The minimum atomic E-state index is -4.58. The van der Waals surface area contributed by atoms with Gasteiger partial charge in [-0.1, -0.05) is 61.9 Å². The maximum Gasteiger partial charge on any atom is 0.503 e. The number of hydrogen-bond donors (Lipinski definition) is 4. The summed E-state index contributed by atoms with van der Waals surface area (Å²) in [6, 6.07) is 13.5. The lowest BCUT2D eigenvalue weighted by molar-refractivity contribution is -0.161. The summed E-state index contributed by atoms with van der Waals surface area (Å²) >= 11 is 0. The van der Waals surface area contributed by atoms with Gasteiger partial charge in [-0.25, -0.2) is 4.79 Å². The lowest BCUT2D eigenvalue weighted by Crippen LogP contribution is -2.51. The predicted octanol–water partition coefficient (Wildman–Crippen LogP) is 5.99. The predicted molar refractivity (Wildman–Crippen MR) is 131 cm³/mol. The molecule has 0 spiro atoms. The van der Waals surface area contributed by atoms with Gasteiger partial charge in [0.05, 0.1) is 12.1 Å². The summed E-state index contributed by atoms with van der Waals surface area (Å²) in [7, 11) is 0. The first-order valence-electron chi connectivity index (χ1n) is 12.2. The average Bonchev–Trinajstić information content (AvgIpc) is 3.77. The zero-order chi connectivity index (χ0) is 27.2. The highest BCUT2D eigenvalue weighted by atomic mass is 19.4. The summed E-state index contributed by atoms with van der Waals surface area (Å²) in [5, 5.41) is 28.3. The molecule has 2 saturated carbocycles. The van der Waals surface area contributed by atoms with E-state index in [1.165, 1.54) is 30.5 Å². The molecule has 0 aliphatic heterocycles. The highest BCUT2D eigenvalue weighted by Gasteiger charge is 2.47. The Morgan fingerprint density at radius 1 is 1.05 bits per heavy atom. The fraction of sp³-hybridized carbons (Fsp3) is 0.444. The molecule has 7 nitrogen and oxygen atoms in total. The van der Waals surface area contributed by atoms with Gasteiger partial charge in [-0.2, -0.15) is 18.4 Å². The first-order valence-corrected chi connectivity index (χ1v) is 12.2. The van der Waals surface area contributed by atoms with E-state index in [9.17, 15) is 23.2 Å². The Morgan fingerprint density at radius 2 is 1.57 bits per heavy atom. The van der Waals surface area contributed by atoms with E-state index in [2.05, 4.69) is 22.8 Å². The van der Waals surface area contributed by atoms with Crippen molar-refractivity contribution in [3.8, 4) is 17.2 Å². The van der Waals surface area contributed by atoms with Crippen molar-refractivity contribution in [3.63, 3.8) is 0 Å². The number of halogens is 3. The first-order chi connectivity index (χ1) is 17.5. The van der Waals surface area contributed by atoms with Crippen molar-refractivity contribution in [1.29, 1.82) is 5.26 Å². The Kier molecular flexibility index (Phi) is 8.81. The first kappa shape index (κ1) is 28.0. The molecule has 10 heteroatoms. The Hall–Kier alpha value is -3.58. The van der Waals surface area contributed by atoms with Crippen LogP contribution in [-0.4, -0.2) is 40.0 Å². The summed E-state index contributed by atoms with van der Waals surface area (Å²) in [6.45, 7) is 1.81. The molecule has 2 aromatic rings. The van der Waals surface area contributed by atoms with Gasteiger partial charge in [0.25, 0.3) is 0 Å². The van der Waals surface area contributed by atoms with Crippen LogP contribution >= 0.6 is 0 Å². The Balaban J connectivity index is 0.000000886. The van der Waals surface area contributed by atoms with Crippen molar-refractivity contribution in [1.82, 2.24) is 10.6 Å². The molecule has 4 rings (SSSR count). The summed E-state index contributed by atoms with van der Waals surface area (Å²) in [5.41, 5.74) is 2.24. The average molecular weight is 518 g/mol. The highest BCUT2D eigenvalue weighted by molar-refractivity contribution is 5.83. The van der Waals surface area contributed by atoms with Crippen LogP contribution in [0.1, 0.15) is 68.5 Å². The maximum absolute atomic E-state index is 14.0. The van der Waals surface area contributed by atoms with Crippen LogP contribution in [0.15, 0.2) is 48.5 Å².